The Morgan fingerprint density at radius 2 is 1.00 bits per heavy atom. The number of hydrogen-bond donors (Lipinski definition) is 2. The summed E-state index contributed by atoms with van der Waals surface area (Å²) in [6.45, 7) is 0. The second-order valence-electron chi connectivity index (χ2n) is 0.638. The molecule has 0 aromatic heterocycles. The van der Waals surface area contributed by atoms with Crippen LogP contribution in [0.2, 0.25) is 0 Å². The summed E-state index contributed by atoms with van der Waals surface area (Å²) in [5.74, 6) is 0. The van der Waals surface area contributed by atoms with Crippen molar-refractivity contribution in [2.45, 2.75) is 0 Å². The van der Waals surface area contributed by atoms with E-state index < -0.39 is 10.5 Å². The molecule has 0 spiro atoms. The van der Waals surface area contributed by atoms with Crippen LogP contribution < -0.4 is 11.5 Å². The van der Waals surface area contributed by atoms with E-state index in [-0.39, 0.29) is 17.1 Å². The molecule has 0 aromatic rings. The standard InChI is InChI=1S/2CH3NOS.Fe/c2*2-1(3)4;/h2*(H3,2,3,4);/q;;+2/p-2. The molecule has 2 amide bonds. The Morgan fingerprint density at radius 1 is 1.00 bits per heavy atom. The summed E-state index contributed by atoms with van der Waals surface area (Å²) in [4.78, 5) is 18.1. The normalized spacial score (nSPS) is 5.33. The monoisotopic (exact) mass is 208 g/mol. The smallest absolute Gasteiger partial charge is 0.719 e. The summed E-state index contributed by atoms with van der Waals surface area (Å²) in [6, 6.07) is 0. The first-order chi connectivity index (χ1) is 3.46. The third-order valence-electron chi connectivity index (χ3n) is 0. The summed E-state index contributed by atoms with van der Waals surface area (Å²) in [7, 11) is 0. The van der Waals surface area contributed by atoms with Crippen molar-refractivity contribution in [1.29, 1.82) is 0 Å². The molecule has 0 saturated carbocycles. The zero-order valence-electron chi connectivity index (χ0n) is 4.14. The molecule has 0 atom stereocenters. The molecule has 0 bridgehead atoms. The van der Waals surface area contributed by atoms with Crippen molar-refractivity contribution in [3.63, 3.8) is 0 Å². The van der Waals surface area contributed by atoms with Crippen LogP contribution in [0, 0.1) is 0 Å². The van der Waals surface area contributed by atoms with E-state index in [1.54, 1.807) is 0 Å². The fraction of sp³-hybridized carbons (Fsp3) is 0. The number of rotatable bonds is 0. The number of amides is 2. The fourth-order valence-corrected chi connectivity index (χ4v) is 0. The molecule has 0 aliphatic carbocycles. The van der Waals surface area contributed by atoms with Gasteiger partial charge in [0.05, 0.1) is 10.5 Å². The molecule has 0 aromatic carbocycles. The third-order valence-corrected chi connectivity index (χ3v) is 0. The van der Waals surface area contributed by atoms with Crippen LogP contribution in [0.4, 0.5) is 9.59 Å². The molecule has 0 aliphatic heterocycles. The van der Waals surface area contributed by atoms with E-state index in [9.17, 15) is 0 Å². The van der Waals surface area contributed by atoms with Crippen molar-refractivity contribution in [2.75, 3.05) is 0 Å². The molecule has 0 heterocycles. The van der Waals surface area contributed by atoms with Crippen molar-refractivity contribution in [1.82, 2.24) is 0 Å². The Morgan fingerprint density at radius 3 is 1.00 bits per heavy atom. The van der Waals surface area contributed by atoms with Crippen LogP contribution in [0.1, 0.15) is 0 Å². The molecule has 4 nitrogen and oxygen atoms in total. The van der Waals surface area contributed by atoms with Gasteiger partial charge in [0, 0.05) is 0 Å². The molecule has 7 heteroatoms. The maximum Gasteiger partial charge on any atom is 2.00 e. The number of hydrogen-bond acceptors (Lipinski definition) is 4. The maximum atomic E-state index is 9.04. The van der Waals surface area contributed by atoms with E-state index in [1.165, 1.54) is 0 Å². The van der Waals surface area contributed by atoms with E-state index >= 15 is 0 Å². The molecule has 0 saturated heterocycles. The predicted octanol–water partition coefficient (Wildman–Crippen LogP) is -0.778. The summed E-state index contributed by atoms with van der Waals surface area (Å²) in [6.07, 6.45) is 0. The fourth-order valence-electron chi connectivity index (χ4n) is 0. The molecule has 0 unspecified atom stereocenters. The molecule has 54 valence electrons. The van der Waals surface area contributed by atoms with Crippen LogP contribution in [-0.4, -0.2) is 10.5 Å². The van der Waals surface area contributed by atoms with Crippen molar-refractivity contribution >= 4 is 35.7 Å². The van der Waals surface area contributed by atoms with Crippen LogP contribution >= 0.6 is 0 Å². The minimum Gasteiger partial charge on any atom is -0.719 e. The SMILES string of the molecule is NC(=O)[S-].NC(=O)[S-].[Fe+2]. The Hall–Kier alpha value is -0.101. The van der Waals surface area contributed by atoms with Gasteiger partial charge in [-0.25, -0.2) is 0 Å². The molecular formula is C2H4FeN2O2S2. The van der Waals surface area contributed by atoms with Crippen molar-refractivity contribution in [3.05, 3.63) is 0 Å². The first-order valence-electron chi connectivity index (χ1n) is 1.39. The van der Waals surface area contributed by atoms with Gasteiger partial charge in [-0.2, -0.15) is 0 Å². The van der Waals surface area contributed by atoms with Crippen molar-refractivity contribution in [2.24, 2.45) is 11.5 Å². The molecule has 0 rings (SSSR count). The average Bonchev–Trinajstić information content (AvgIpc) is 1.25. The summed E-state index contributed by atoms with van der Waals surface area (Å²) in [5.41, 5.74) is 8.57. The van der Waals surface area contributed by atoms with Gasteiger partial charge in [0.25, 0.3) is 0 Å². The first-order valence-corrected chi connectivity index (χ1v) is 2.21. The van der Waals surface area contributed by atoms with E-state index in [1.807, 2.05) is 0 Å². The van der Waals surface area contributed by atoms with E-state index in [4.69, 9.17) is 9.59 Å². The summed E-state index contributed by atoms with van der Waals surface area (Å²) >= 11 is 7.52. The van der Waals surface area contributed by atoms with Gasteiger partial charge < -0.3 is 46.3 Å². The predicted molar refractivity (Wildman–Crippen MR) is 33.9 cm³/mol. The first kappa shape index (κ1) is 16.0. The number of carbonyl (C=O) groups is 2. The second-order valence-corrected chi connectivity index (χ2v) is 1.44. The van der Waals surface area contributed by atoms with E-state index in [2.05, 4.69) is 36.7 Å². The third kappa shape index (κ3) is 27200. The van der Waals surface area contributed by atoms with Gasteiger partial charge in [0.1, 0.15) is 0 Å². The van der Waals surface area contributed by atoms with Crippen molar-refractivity contribution in [3.8, 4) is 0 Å². The van der Waals surface area contributed by atoms with Gasteiger partial charge in [0.15, 0.2) is 0 Å². The summed E-state index contributed by atoms with van der Waals surface area (Å²) in [5, 5.41) is -1.50. The summed E-state index contributed by atoms with van der Waals surface area (Å²) < 4.78 is 0. The van der Waals surface area contributed by atoms with Crippen LogP contribution in [0.5, 0.6) is 0 Å². The molecule has 0 aliphatic rings. The zero-order chi connectivity index (χ0) is 7.15. The van der Waals surface area contributed by atoms with Gasteiger partial charge in [-0.1, -0.05) is 0 Å². The van der Waals surface area contributed by atoms with E-state index in [0.29, 0.717) is 0 Å². The van der Waals surface area contributed by atoms with Gasteiger partial charge in [-0.15, -0.1) is 0 Å². The quantitative estimate of drug-likeness (QED) is 0.404. The molecular weight excluding hydrogens is 204 g/mol. The molecule has 4 N–H and O–H groups in total. The number of nitrogens with two attached hydrogens (primary N) is 2. The average molecular weight is 208 g/mol. The van der Waals surface area contributed by atoms with Gasteiger partial charge in [0.2, 0.25) is 0 Å². The van der Waals surface area contributed by atoms with Crippen LogP contribution in [0.3, 0.4) is 0 Å². The molecule has 9 heavy (non-hydrogen) atoms. The maximum absolute atomic E-state index is 9.04. The minimum absolute atomic E-state index is 0. The Balaban J connectivity index is -0.0000000720. The van der Waals surface area contributed by atoms with E-state index in [0.717, 1.165) is 0 Å². The van der Waals surface area contributed by atoms with Gasteiger partial charge in [-0.3, -0.25) is 0 Å². The zero-order valence-corrected chi connectivity index (χ0v) is 6.88. The topological polar surface area (TPSA) is 86.2 Å². The Bertz CT molecular complexity index is 78.6. The molecule has 0 fully saturated rings. The van der Waals surface area contributed by atoms with Crippen LogP contribution in [-0.2, 0) is 42.3 Å². The number of carbonyl (C=O) groups excluding carboxylic acids is 2. The number of primary amides is 2. The Kier molecular flexibility index (Phi) is 19.2. The molecule has 0 radical (unpaired) electrons. The minimum atomic E-state index is -0.750. The largest absolute Gasteiger partial charge is 2.00 e. The van der Waals surface area contributed by atoms with Crippen molar-refractivity contribution < 1.29 is 26.7 Å². The second kappa shape index (κ2) is 10.8. The van der Waals surface area contributed by atoms with Crippen LogP contribution in [0.15, 0.2) is 0 Å². The van der Waals surface area contributed by atoms with Gasteiger partial charge in [-0.05, 0) is 0 Å². The van der Waals surface area contributed by atoms with Gasteiger partial charge >= 0.3 is 17.1 Å². The van der Waals surface area contributed by atoms with Crippen LogP contribution in [0.25, 0.3) is 0 Å². The Labute approximate surface area is 74.0 Å².